The van der Waals surface area contributed by atoms with Gasteiger partial charge in [-0.2, -0.15) is 0 Å². The Morgan fingerprint density at radius 3 is 2.81 bits per heavy atom. The summed E-state index contributed by atoms with van der Waals surface area (Å²) in [5.74, 6) is -1.08. The Hall–Kier alpha value is -1.66. The maximum Gasteiger partial charge on any atom is 0.251 e. The van der Waals surface area contributed by atoms with Crippen LogP contribution in [0.2, 0.25) is 0 Å². The summed E-state index contributed by atoms with van der Waals surface area (Å²) in [5.41, 5.74) is 5.38. The van der Waals surface area contributed by atoms with Crippen LogP contribution in [0.15, 0.2) is 18.2 Å². The standard InChI is InChI=1S/C10H13FN2O3/c11-8-2-1-6(3-9(8)12)10(16)13-4-7(15)5-14/h1-3,7,14-15H,4-5,12H2,(H,13,16). The van der Waals surface area contributed by atoms with Crippen LogP contribution in [-0.2, 0) is 0 Å². The van der Waals surface area contributed by atoms with Gasteiger partial charge in [-0.1, -0.05) is 0 Å². The van der Waals surface area contributed by atoms with Crippen LogP contribution >= 0.6 is 0 Å². The van der Waals surface area contributed by atoms with Crippen LogP contribution in [0.25, 0.3) is 0 Å². The monoisotopic (exact) mass is 228 g/mol. The molecule has 0 spiro atoms. The average molecular weight is 228 g/mol. The lowest BCUT2D eigenvalue weighted by Gasteiger charge is -2.09. The van der Waals surface area contributed by atoms with Crippen molar-refractivity contribution in [3.05, 3.63) is 29.6 Å². The number of hydrogen-bond donors (Lipinski definition) is 4. The highest BCUT2D eigenvalue weighted by Gasteiger charge is 2.09. The molecule has 0 saturated heterocycles. The predicted molar refractivity (Wildman–Crippen MR) is 56.2 cm³/mol. The number of benzene rings is 1. The number of amides is 1. The fourth-order valence-electron chi connectivity index (χ4n) is 1.06. The van der Waals surface area contributed by atoms with Crippen molar-refractivity contribution in [3.8, 4) is 0 Å². The molecule has 0 aromatic heterocycles. The van der Waals surface area contributed by atoms with Gasteiger partial charge in [0.05, 0.1) is 18.4 Å². The number of aliphatic hydroxyl groups is 2. The van der Waals surface area contributed by atoms with E-state index in [0.29, 0.717) is 0 Å². The Balaban J connectivity index is 2.63. The molecule has 0 aliphatic carbocycles. The summed E-state index contributed by atoms with van der Waals surface area (Å²) in [6.07, 6.45) is -1.01. The third-order valence-corrected chi connectivity index (χ3v) is 1.97. The van der Waals surface area contributed by atoms with Gasteiger partial charge >= 0.3 is 0 Å². The average Bonchev–Trinajstić information content (AvgIpc) is 2.29. The Morgan fingerprint density at radius 2 is 2.25 bits per heavy atom. The molecular weight excluding hydrogens is 215 g/mol. The van der Waals surface area contributed by atoms with Gasteiger partial charge in [-0.05, 0) is 18.2 Å². The van der Waals surface area contributed by atoms with Crippen molar-refractivity contribution in [2.45, 2.75) is 6.10 Å². The summed E-state index contributed by atoms with van der Waals surface area (Å²) in [4.78, 5) is 11.4. The third-order valence-electron chi connectivity index (χ3n) is 1.97. The first kappa shape index (κ1) is 12.4. The molecule has 1 unspecified atom stereocenters. The van der Waals surface area contributed by atoms with E-state index in [1.807, 2.05) is 0 Å². The molecule has 0 aliphatic heterocycles. The van der Waals surface area contributed by atoms with Crippen LogP contribution in [0.4, 0.5) is 10.1 Å². The van der Waals surface area contributed by atoms with Crippen molar-refractivity contribution >= 4 is 11.6 Å². The van der Waals surface area contributed by atoms with E-state index in [2.05, 4.69) is 5.32 Å². The lowest BCUT2D eigenvalue weighted by molar-refractivity contribution is 0.0802. The molecule has 1 atom stereocenters. The minimum atomic E-state index is -1.01. The van der Waals surface area contributed by atoms with Crippen LogP contribution in [-0.4, -0.2) is 35.4 Å². The van der Waals surface area contributed by atoms with Gasteiger partial charge in [0.25, 0.3) is 5.91 Å². The Morgan fingerprint density at radius 1 is 1.56 bits per heavy atom. The van der Waals surface area contributed by atoms with E-state index in [1.165, 1.54) is 12.1 Å². The van der Waals surface area contributed by atoms with Gasteiger partial charge < -0.3 is 21.3 Å². The van der Waals surface area contributed by atoms with E-state index in [0.717, 1.165) is 6.07 Å². The highest BCUT2D eigenvalue weighted by molar-refractivity contribution is 5.95. The normalized spacial score (nSPS) is 12.2. The smallest absolute Gasteiger partial charge is 0.251 e. The van der Waals surface area contributed by atoms with Gasteiger partial charge in [-0.15, -0.1) is 0 Å². The molecular formula is C10H13FN2O3. The summed E-state index contributed by atoms with van der Waals surface area (Å²) in [5, 5.41) is 19.9. The summed E-state index contributed by atoms with van der Waals surface area (Å²) in [7, 11) is 0. The van der Waals surface area contributed by atoms with E-state index in [4.69, 9.17) is 15.9 Å². The molecule has 1 rings (SSSR count). The van der Waals surface area contributed by atoms with E-state index in [1.54, 1.807) is 0 Å². The minimum absolute atomic E-state index is 0.0768. The molecule has 0 aliphatic rings. The fourth-order valence-corrected chi connectivity index (χ4v) is 1.06. The number of carbonyl (C=O) groups is 1. The van der Waals surface area contributed by atoms with Crippen molar-refractivity contribution in [1.82, 2.24) is 5.32 Å². The topological polar surface area (TPSA) is 95.6 Å². The van der Waals surface area contributed by atoms with E-state index >= 15 is 0 Å². The zero-order valence-electron chi connectivity index (χ0n) is 8.48. The van der Waals surface area contributed by atoms with Crippen molar-refractivity contribution < 1.29 is 19.4 Å². The lowest BCUT2D eigenvalue weighted by atomic mass is 10.2. The Labute approximate surface area is 91.7 Å². The molecule has 6 heteroatoms. The number of nitrogen functional groups attached to an aromatic ring is 1. The number of carbonyl (C=O) groups excluding carboxylic acids is 1. The molecule has 0 bridgehead atoms. The number of rotatable bonds is 4. The zero-order valence-corrected chi connectivity index (χ0v) is 8.48. The van der Waals surface area contributed by atoms with Gasteiger partial charge in [0.1, 0.15) is 5.82 Å². The number of aliphatic hydroxyl groups excluding tert-OH is 2. The number of halogens is 1. The molecule has 0 heterocycles. The van der Waals surface area contributed by atoms with E-state index in [-0.39, 0.29) is 17.8 Å². The van der Waals surface area contributed by atoms with E-state index in [9.17, 15) is 9.18 Å². The van der Waals surface area contributed by atoms with Gasteiger partial charge in [0.15, 0.2) is 0 Å². The molecule has 16 heavy (non-hydrogen) atoms. The first-order valence-corrected chi connectivity index (χ1v) is 4.66. The minimum Gasteiger partial charge on any atom is -0.396 e. The predicted octanol–water partition coefficient (Wildman–Crippen LogP) is -0.509. The molecule has 5 nitrogen and oxygen atoms in total. The first-order chi connectivity index (χ1) is 7.54. The molecule has 0 saturated carbocycles. The van der Waals surface area contributed by atoms with Crippen LogP contribution < -0.4 is 11.1 Å². The number of nitrogens with two attached hydrogens (primary N) is 1. The summed E-state index contributed by atoms with van der Waals surface area (Å²) >= 11 is 0. The van der Waals surface area contributed by atoms with Gasteiger partial charge in [-0.3, -0.25) is 4.79 Å². The van der Waals surface area contributed by atoms with E-state index < -0.39 is 24.4 Å². The second kappa shape index (κ2) is 5.43. The molecule has 1 aromatic rings. The summed E-state index contributed by atoms with van der Waals surface area (Å²) in [6, 6.07) is 3.58. The van der Waals surface area contributed by atoms with Crippen molar-refractivity contribution in [2.75, 3.05) is 18.9 Å². The van der Waals surface area contributed by atoms with Crippen molar-refractivity contribution in [2.24, 2.45) is 0 Å². The van der Waals surface area contributed by atoms with Gasteiger partial charge in [0.2, 0.25) is 0 Å². The highest BCUT2D eigenvalue weighted by Crippen LogP contribution is 2.11. The van der Waals surface area contributed by atoms with Crippen LogP contribution in [0.1, 0.15) is 10.4 Å². The second-order valence-corrected chi connectivity index (χ2v) is 3.28. The van der Waals surface area contributed by atoms with Gasteiger partial charge in [0, 0.05) is 12.1 Å². The highest BCUT2D eigenvalue weighted by atomic mass is 19.1. The van der Waals surface area contributed by atoms with Crippen LogP contribution in [0, 0.1) is 5.82 Å². The Bertz CT molecular complexity index is 384. The summed E-state index contributed by atoms with van der Waals surface area (Å²) in [6.45, 7) is -0.515. The zero-order chi connectivity index (χ0) is 12.1. The number of anilines is 1. The molecule has 0 radical (unpaired) electrons. The van der Waals surface area contributed by atoms with Crippen LogP contribution in [0.5, 0.6) is 0 Å². The number of hydrogen-bond acceptors (Lipinski definition) is 4. The Kier molecular flexibility index (Phi) is 4.21. The molecule has 1 amide bonds. The molecule has 5 N–H and O–H groups in total. The lowest BCUT2D eigenvalue weighted by Crippen LogP contribution is -2.33. The quantitative estimate of drug-likeness (QED) is 0.522. The third kappa shape index (κ3) is 3.18. The molecule has 0 fully saturated rings. The fraction of sp³-hybridized carbons (Fsp3) is 0.300. The molecule has 88 valence electrons. The number of nitrogens with one attached hydrogen (secondary N) is 1. The summed E-state index contributed by atoms with van der Waals surface area (Å²) < 4.78 is 12.8. The second-order valence-electron chi connectivity index (χ2n) is 3.28. The largest absolute Gasteiger partial charge is 0.396 e. The first-order valence-electron chi connectivity index (χ1n) is 4.66. The SMILES string of the molecule is Nc1cc(C(=O)NCC(O)CO)ccc1F. The maximum atomic E-state index is 12.8. The molecule has 1 aromatic carbocycles. The maximum absolute atomic E-state index is 12.8. The van der Waals surface area contributed by atoms with Crippen molar-refractivity contribution in [1.29, 1.82) is 0 Å². The van der Waals surface area contributed by atoms with Crippen LogP contribution in [0.3, 0.4) is 0 Å². The van der Waals surface area contributed by atoms with Gasteiger partial charge in [-0.25, -0.2) is 4.39 Å². The van der Waals surface area contributed by atoms with Crippen molar-refractivity contribution in [3.63, 3.8) is 0 Å².